The molecule has 0 aromatic carbocycles. The van der Waals surface area contributed by atoms with Crippen LogP contribution in [0, 0.1) is 0 Å². The highest BCUT2D eigenvalue weighted by Gasteiger charge is 2.19. The summed E-state index contributed by atoms with van der Waals surface area (Å²) in [7, 11) is 0. The van der Waals surface area contributed by atoms with Gasteiger partial charge in [-0.05, 0) is 135 Å². The van der Waals surface area contributed by atoms with Crippen molar-refractivity contribution >= 4 is 17.9 Å². The van der Waals surface area contributed by atoms with E-state index in [1.807, 2.05) is 12.2 Å². The van der Waals surface area contributed by atoms with Crippen LogP contribution < -0.4 is 0 Å². The Kier molecular flexibility index (Phi) is 63.1. The highest BCUT2D eigenvalue weighted by Crippen LogP contribution is 2.13. The molecule has 458 valence electrons. The molecule has 0 heterocycles. The largest absolute Gasteiger partial charge is 0.462 e. The van der Waals surface area contributed by atoms with E-state index in [-0.39, 0.29) is 32.0 Å². The molecule has 0 N–H and O–H groups in total. The Hall–Kier alpha value is -6.27. The van der Waals surface area contributed by atoms with Crippen molar-refractivity contribution in [2.45, 2.75) is 232 Å². The van der Waals surface area contributed by atoms with Gasteiger partial charge in [0.25, 0.3) is 0 Å². The van der Waals surface area contributed by atoms with E-state index in [0.717, 1.165) is 128 Å². The number of unbranched alkanes of at least 4 members (excludes halogenated alkanes) is 10. The maximum Gasteiger partial charge on any atom is 0.310 e. The molecule has 0 fully saturated rings. The zero-order valence-corrected chi connectivity index (χ0v) is 52.4. The van der Waals surface area contributed by atoms with Gasteiger partial charge in [0, 0.05) is 6.42 Å². The first-order chi connectivity index (χ1) is 41.0. The predicted octanol–water partition coefficient (Wildman–Crippen LogP) is 22.5. The fraction of sp³-hybridized carbons (Fsp3) is 0.494. The Morgan fingerprint density at radius 2 is 0.482 bits per heavy atom. The monoisotopic (exact) mass is 1130 g/mol. The van der Waals surface area contributed by atoms with Crippen LogP contribution in [0.3, 0.4) is 0 Å². The number of allylic oxidation sites excluding steroid dienone is 34. The van der Waals surface area contributed by atoms with E-state index < -0.39 is 18.0 Å². The quantitative estimate of drug-likeness (QED) is 0.0261. The maximum absolute atomic E-state index is 12.8. The van der Waals surface area contributed by atoms with Crippen molar-refractivity contribution in [3.05, 3.63) is 219 Å². The molecule has 1 atom stereocenters. The van der Waals surface area contributed by atoms with Gasteiger partial charge < -0.3 is 14.2 Å². The zero-order valence-electron chi connectivity index (χ0n) is 52.4. The van der Waals surface area contributed by atoms with Gasteiger partial charge in [-0.25, -0.2) is 0 Å². The van der Waals surface area contributed by atoms with Crippen molar-refractivity contribution < 1.29 is 28.6 Å². The number of carbonyl (C=O) groups is 3. The fourth-order valence-electron chi connectivity index (χ4n) is 7.84. The summed E-state index contributed by atoms with van der Waals surface area (Å²) in [5.74, 6) is -1.24. The van der Waals surface area contributed by atoms with E-state index in [0.29, 0.717) is 19.3 Å². The van der Waals surface area contributed by atoms with Crippen molar-refractivity contribution in [2.75, 3.05) is 13.2 Å². The third-order valence-electron chi connectivity index (χ3n) is 12.5. The van der Waals surface area contributed by atoms with E-state index >= 15 is 0 Å². The molecule has 83 heavy (non-hydrogen) atoms. The van der Waals surface area contributed by atoms with Gasteiger partial charge in [-0.2, -0.15) is 0 Å². The van der Waals surface area contributed by atoms with E-state index in [1.165, 1.54) is 44.9 Å². The summed E-state index contributed by atoms with van der Waals surface area (Å²) in [6.45, 7) is 6.09. The van der Waals surface area contributed by atoms with Gasteiger partial charge in [0.2, 0.25) is 0 Å². The molecule has 0 saturated carbocycles. The molecule has 0 aromatic rings. The van der Waals surface area contributed by atoms with Crippen molar-refractivity contribution in [1.82, 2.24) is 0 Å². The van der Waals surface area contributed by atoms with Crippen LogP contribution in [0.25, 0.3) is 0 Å². The summed E-state index contributed by atoms with van der Waals surface area (Å²) in [5, 5.41) is 0. The number of hydrogen-bond donors (Lipinski definition) is 0. The summed E-state index contributed by atoms with van der Waals surface area (Å²) in [5.41, 5.74) is 0. The van der Waals surface area contributed by atoms with Gasteiger partial charge >= 0.3 is 17.9 Å². The predicted molar refractivity (Wildman–Crippen MR) is 361 cm³/mol. The lowest BCUT2D eigenvalue weighted by molar-refractivity contribution is -0.166. The minimum Gasteiger partial charge on any atom is -0.462 e. The average molecular weight is 1140 g/mol. The third-order valence-corrected chi connectivity index (χ3v) is 12.5. The van der Waals surface area contributed by atoms with Gasteiger partial charge in [-0.1, -0.05) is 291 Å². The van der Waals surface area contributed by atoms with Gasteiger partial charge in [0.05, 0.1) is 12.8 Å². The SMILES string of the molecule is CC/C=C\C/C=C\C/C=C\C/C=C\C/C=C\C/C=C\C/C=C\C/C=C\CCCCCCCCCCCCC(=O)OCC(COC(=O)C/C=C\C/C=C\C/C=C\C/C=C\C/C=C\CC)OC(=O)C/C=C\C/C=C\C/C=C\C/C=C\C/C=C\CC. The first kappa shape index (κ1) is 76.7. The van der Waals surface area contributed by atoms with E-state index in [9.17, 15) is 14.4 Å². The van der Waals surface area contributed by atoms with E-state index in [2.05, 4.69) is 215 Å². The van der Waals surface area contributed by atoms with Crippen LogP contribution in [0.1, 0.15) is 226 Å². The number of esters is 3. The van der Waals surface area contributed by atoms with E-state index in [1.54, 1.807) is 12.2 Å². The summed E-state index contributed by atoms with van der Waals surface area (Å²) in [6.07, 6.45) is 107. The molecule has 0 aliphatic rings. The molecule has 0 aromatic heterocycles. The molecule has 0 bridgehead atoms. The zero-order chi connectivity index (χ0) is 59.9. The highest BCUT2D eigenvalue weighted by atomic mass is 16.6. The number of rotatable bonds is 55. The molecule has 0 aliphatic carbocycles. The Balaban J connectivity index is 4.40. The van der Waals surface area contributed by atoms with Crippen molar-refractivity contribution in [1.29, 1.82) is 0 Å². The van der Waals surface area contributed by atoms with Crippen LogP contribution >= 0.6 is 0 Å². The molecule has 0 spiro atoms. The minimum atomic E-state index is -0.888. The first-order valence-corrected chi connectivity index (χ1v) is 32.2. The molecule has 1 unspecified atom stereocenters. The lowest BCUT2D eigenvalue weighted by Gasteiger charge is -2.17. The number of ether oxygens (including phenoxy) is 3. The Bertz CT molecular complexity index is 2080. The molecule has 6 nitrogen and oxygen atoms in total. The highest BCUT2D eigenvalue weighted by molar-refractivity contribution is 5.72. The lowest BCUT2D eigenvalue weighted by Crippen LogP contribution is -2.30. The molecule has 0 aliphatic heterocycles. The van der Waals surface area contributed by atoms with Crippen LogP contribution in [-0.2, 0) is 28.6 Å². The van der Waals surface area contributed by atoms with Gasteiger partial charge in [0.15, 0.2) is 6.10 Å². The summed E-state index contributed by atoms with van der Waals surface area (Å²) >= 11 is 0. The second-order valence-electron chi connectivity index (χ2n) is 20.2. The van der Waals surface area contributed by atoms with Gasteiger partial charge in [0.1, 0.15) is 13.2 Å². The lowest BCUT2D eigenvalue weighted by atomic mass is 10.1. The maximum atomic E-state index is 12.8. The topological polar surface area (TPSA) is 78.9 Å². The number of hydrogen-bond acceptors (Lipinski definition) is 6. The standard InChI is InChI=1S/C77H114O6/c1-4-7-10-13-16-19-22-25-28-29-30-31-32-33-34-35-36-37-38-39-40-41-42-43-44-45-46-47-50-52-55-58-61-64-67-70-76(79)82-73-74(83-77(80)71-68-65-62-59-56-53-49-27-24-21-18-15-12-9-6-3)72-81-75(78)69-66-63-60-57-54-51-48-26-23-20-17-14-11-8-5-2/h7-12,16-21,25-28,30-31,33-34,36-37,39-40,42-43,48-49,54,56-57,59,63,65-66,68,74H,4-6,13-15,22-24,29,32,35,38,41,44-47,50-53,55,58,60-62,64,67,69-73H2,1-3H3/b10-7-,11-8-,12-9-,19-16-,20-17-,21-18-,28-25-,31-30-,34-33-,37-36-,40-39-,43-42-,48-26-,49-27-,57-54-,59-56-,66-63-,68-65-. The van der Waals surface area contributed by atoms with Crippen LogP contribution in [0.4, 0.5) is 0 Å². The minimum absolute atomic E-state index is 0.0653. The Morgan fingerprint density at radius 3 is 0.783 bits per heavy atom. The molecule has 0 rings (SSSR count). The van der Waals surface area contributed by atoms with Crippen LogP contribution in [0.15, 0.2) is 219 Å². The molecular formula is C77H114O6. The first-order valence-electron chi connectivity index (χ1n) is 32.2. The fourth-order valence-corrected chi connectivity index (χ4v) is 7.84. The van der Waals surface area contributed by atoms with E-state index in [4.69, 9.17) is 14.2 Å². The summed E-state index contributed by atoms with van der Waals surface area (Å²) < 4.78 is 16.7. The second kappa shape index (κ2) is 68.2. The van der Waals surface area contributed by atoms with Crippen LogP contribution in [0.5, 0.6) is 0 Å². The van der Waals surface area contributed by atoms with Gasteiger partial charge in [-0.3, -0.25) is 14.4 Å². The number of carbonyl (C=O) groups excluding carboxylic acids is 3. The second-order valence-corrected chi connectivity index (χ2v) is 20.2. The molecule has 6 heteroatoms. The third kappa shape index (κ3) is 66.4. The van der Waals surface area contributed by atoms with Crippen LogP contribution in [-0.4, -0.2) is 37.2 Å². The van der Waals surface area contributed by atoms with Gasteiger partial charge in [-0.15, -0.1) is 0 Å². The summed E-state index contributed by atoms with van der Waals surface area (Å²) in [4.78, 5) is 38.1. The average Bonchev–Trinajstić information content (AvgIpc) is 3.49. The van der Waals surface area contributed by atoms with Crippen molar-refractivity contribution in [3.63, 3.8) is 0 Å². The Labute approximate surface area is 508 Å². The van der Waals surface area contributed by atoms with Crippen molar-refractivity contribution in [2.24, 2.45) is 0 Å². The molecule has 0 saturated heterocycles. The Morgan fingerprint density at radius 1 is 0.253 bits per heavy atom. The summed E-state index contributed by atoms with van der Waals surface area (Å²) in [6, 6.07) is 0. The smallest absolute Gasteiger partial charge is 0.310 e. The van der Waals surface area contributed by atoms with Crippen molar-refractivity contribution in [3.8, 4) is 0 Å². The molecule has 0 amide bonds. The van der Waals surface area contributed by atoms with Crippen LogP contribution in [0.2, 0.25) is 0 Å². The normalized spacial score (nSPS) is 13.6. The molecular weight excluding hydrogens is 1020 g/mol. The molecule has 0 radical (unpaired) electrons.